The molecule has 0 atom stereocenters. The van der Waals surface area contributed by atoms with Gasteiger partial charge in [-0.25, -0.2) is 0 Å². The number of hydrogen-bond donors (Lipinski definition) is 1. The van der Waals surface area contributed by atoms with Gasteiger partial charge in [0.25, 0.3) is 5.91 Å². The first-order chi connectivity index (χ1) is 12.0. The summed E-state index contributed by atoms with van der Waals surface area (Å²) in [7, 11) is 0. The molecular weight excluding hydrogens is 334 g/mol. The van der Waals surface area contributed by atoms with Gasteiger partial charge in [0, 0.05) is 16.3 Å². The number of nitrogens with one attached hydrogen (secondary N) is 1. The van der Waals surface area contributed by atoms with Gasteiger partial charge < -0.3 is 10.1 Å². The summed E-state index contributed by atoms with van der Waals surface area (Å²) in [6.07, 6.45) is 0. The Labute approximate surface area is 152 Å². The lowest BCUT2D eigenvalue weighted by molar-refractivity contribution is 0.102. The fourth-order valence-corrected chi connectivity index (χ4v) is 2.60. The van der Waals surface area contributed by atoms with Crippen molar-refractivity contribution in [1.29, 1.82) is 0 Å². The van der Waals surface area contributed by atoms with Crippen LogP contribution >= 0.6 is 11.6 Å². The Bertz CT molecular complexity index is 904. The first-order valence-electron chi connectivity index (χ1n) is 7.94. The molecule has 0 heterocycles. The zero-order valence-corrected chi connectivity index (χ0v) is 14.8. The molecule has 3 nitrogen and oxygen atoms in total. The molecular formula is C21H18ClNO2. The predicted molar refractivity (Wildman–Crippen MR) is 102 cm³/mol. The monoisotopic (exact) mass is 351 g/mol. The number of benzene rings is 3. The molecule has 126 valence electrons. The largest absolute Gasteiger partial charge is 0.457 e. The van der Waals surface area contributed by atoms with Gasteiger partial charge in [0.05, 0.1) is 0 Å². The number of amides is 1. The van der Waals surface area contributed by atoms with Gasteiger partial charge in [-0.3, -0.25) is 4.79 Å². The fourth-order valence-electron chi connectivity index (χ4n) is 2.43. The van der Waals surface area contributed by atoms with E-state index < -0.39 is 0 Å². The van der Waals surface area contributed by atoms with Crippen LogP contribution in [0.3, 0.4) is 0 Å². The molecule has 3 rings (SSSR count). The predicted octanol–water partition coefficient (Wildman–Crippen LogP) is 6.00. The molecule has 1 amide bonds. The van der Waals surface area contributed by atoms with Crippen LogP contribution in [0.2, 0.25) is 5.02 Å². The van der Waals surface area contributed by atoms with Gasteiger partial charge in [-0.1, -0.05) is 29.8 Å². The second-order valence-electron chi connectivity index (χ2n) is 5.81. The number of rotatable bonds is 4. The van der Waals surface area contributed by atoms with E-state index >= 15 is 0 Å². The number of halogens is 1. The van der Waals surface area contributed by atoms with Crippen LogP contribution in [0.25, 0.3) is 0 Å². The Hall–Kier alpha value is -2.78. The Morgan fingerprint density at radius 1 is 0.920 bits per heavy atom. The molecule has 1 N–H and O–H groups in total. The molecule has 0 aliphatic heterocycles. The Balaban J connectivity index is 1.71. The highest BCUT2D eigenvalue weighted by Crippen LogP contribution is 2.25. The lowest BCUT2D eigenvalue weighted by Crippen LogP contribution is -2.12. The maximum atomic E-state index is 12.4. The average molecular weight is 352 g/mol. The SMILES string of the molecule is Cc1cccc(Oc2ccc(C(=O)Nc3cccc(Cl)c3C)cc2)c1. The van der Waals surface area contributed by atoms with Gasteiger partial charge in [0.1, 0.15) is 11.5 Å². The average Bonchev–Trinajstić information content (AvgIpc) is 2.59. The van der Waals surface area contributed by atoms with Gasteiger partial charge >= 0.3 is 0 Å². The molecule has 0 bridgehead atoms. The van der Waals surface area contributed by atoms with E-state index in [4.69, 9.17) is 16.3 Å². The number of aryl methyl sites for hydroxylation is 1. The standard InChI is InChI=1S/C21H18ClNO2/c1-14-5-3-6-18(13-14)25-17-11-9-16(10-12-17)21(24)23-20-8-4-7-19(22)15(20)2/h3-13H,1-2H3,(H,23,24). The molecule has 0 aliphatic rings. The van der Waals surface area contributed by atoms with Crippen LogP contribution in [0.1, 0.15) is 21.5 Å². The number of ether oxygens (including phenoxy) is 1. The van der Waals surface area contributed by atoms with Crippen LogP contribution < -0.4 is 10.1 Å². The summed E-state index contributed by atoms with van der Waals surface area (Å²) in [4.78, 5) is 12.4. The molecule has 0 unspecified atom stereocenters. The zero-order chi connectivity index (χ0) is 17.8. The summed E-state index contributed by atoms with van der Waals surface area (Å²) in [5, 5.41) is 3.50. The minimum absolute atomic E-state index is 0.188. The van der Waals surface area contributed by atoms with Crippen LogP contribution in [0.15, 0.2) is 66.7 Å². The topological polar surface area (TPSA) is 38.3 Å². The van der Waals surface area contributed by atoms with E-state index in [2.05, 4.69) is 5.32 Å². The summed E-state index contributed by atoms with van der Waals surface area (Å²) < 4.78 is 5.80. The van der Waals surface area contributed by atoms with E-state index in [-0.39, 0.29) is 5.91 Å². The summed E-state index contributed by atoms with van der Waals surface area (Å²) in [5.41, 5.74) is 3.23. The van der Waals surface area contributed by atoms with Gasteiger partial charge in [0.2, 0.25) is 0 Å². The highest BCUT2D eigenvalue weighted by molar-refractivity contribution is 6.31. The van der Waals surface area contributed by atoms with E-state index in [1.807, 2.05) is 50.2 Å². The number of carbonyl (C=O) groups excluding carboxylic acids is 1. The Morgan fingerprint density at radius 3 is 2.36 bits per heavy atom. The van der Waals surface area contributed by atoms with Crippen molar-refractivity contribution in [2.75, 3.05) is 5.32 Å². The van der Waals surface area contributed by atoms with Crippen molar-refractivity contribution in [3.63, 3.8) is 0 Å². The molecule has 3 aromatic rings. The van der Waals surface area contributed by atoms with Crippen molar-refractivity contribution >= 4 is 23.2 Å². The second-order valence-corrected chi connectivity index (χ2v) is 6.22. The zero-order valence-electron chi connectivity index (χ0n) is 14.0. The minimum Gasteiger partial charge on any atom is -0.457 e. The maximum absolute atomic E-state index is 12.4. The van der Waals surface area contributed by atoms with E-state index in [1.54, 1.807) is 30.3 Å². The summed E-state index contributed by atoms with van der Waals surface area (Å²) >= 11 is 6.08. The number of anilines is 1. The van der Waals surface area contributed by atoms with Crippen LogP contribution in [0.4, 0.5) is 5.69 Å². The molecule has 0 radical (unpaired) electrons. The van der Waals surface area contributed by atoms with E-state index in [0.29, 0.717) is 22.0 Å². The Kier molecular flexibility index (Phi) is 5.05. The number of carbonyl (C=O) groups is 1. The lowest BCUT2D eigenvalue weighted by atomic mass is 10.1. The molecule has 25 heavy (non-hydrogen) atoms. The van der Waals surface area contributed by atoms with Gasteiger partial charge in [-0.05, 0) is 73.5 Å². The summed E-state index contributed by atoms with van der Waals surface area (Å²) in [6, 6.07) is 20.3. The molecule has 0 fully saturated rings. The quantitative estimate of drug-likeness (QED) is 0.625. The molecule has 0 saturated carbocycles. The van der Waals surface area contributed by atoms with Crippen molar-refractivity contribution in [2.24, 2.45) is 0 Å². The molecule has 0 spiro atoms. The van der Waals surface area contributed by atoms with Crippen LogP contribution in [0.5, 0.6) is 11.5 Å². The van der Waals surface area contributed by atoms with Gasteiger partial charge in [-0.15, -0.1) is 0 Å². The van der Waals surface area contributed by atoms with Crippen molar-refractivity contribution in [2.45, 2.75) is 13.8 Å². The summed E-state index contributed by atoms with van der Waals surface area (Å²) in [6.45, 7) is 3.88. The maximum Gasteiger partial charge on any atom is 0.255 e. The lowest BCUT2D eigenvalue weighted by Gasteiger charge is -2.10. The third-order valence-electron chi connectivity index (χ3n) is 3.86. The molecule has 0 saturated heterocycles. The Morgan fingerprint density at radius 2 is 1.64 bits per heavy atom. The van der Waals surface area contributed by atoms with Crippen molar-refractivity contribution in [3.05, 3.63) is 88.4 Å². The van der Waals surface area contributed by atoms with Crippen LogP contribution in [-0.4, -0.2) is 5.91 Å². The van der Waals surface area contributed by atoms with Crippen LogP contribution in [-0.2, 0) is 0 Å². The third kappa shape index (κ3) is 4.20. The molecule has 4 heteroatoms. The van der Waals surface area contributed by atoms with E-state index in [0.717, 1.165) is 16.9 Å². The molecule has 3 aromatic carbocycles. The van der Waals surface area contributed by atoms with Gasteiger partial charge in [0.15, 0.2) is 0 Å². The van der Waals surface area contributed by atoms with E-state index in [1.165, 1.54) is 0 Å². The van der Waals surface area contributed by atoms with Crippen molar-refractivity contribution < 1.29 is 9.53 Å². The highest BCUT2D eigenvalue weighted by atomic mass is 35.5. The highest BCUT2D eigenvalue weighted by Gasteiger charge is 2.09. The third-order valence-corrected chi connectivity index (χ3v) is 4.27. The van der Waals surface area contributed by atoms with Gasteiger partial charge in [-0.2, -0.15) is 0 Å². The second kappa shape index (κ2) is 7.41. The summed E-state index contributed by atoms with van der Waals surface area (Å²) in [5.74, 6) is 1.26. The normalized spacial score (nSPS) is 10.4. The smallest absolute Gasteiger partial charge is 0.255 e. The first kappa shape index (κ1) is 17.1. The fraction of sp³-hybridized carbons (Fsp3) is 0.0952. The number of hydrogen-bond acceptors (Lipinski definition) is 2. The minimum atomic E-state index is -0.188. The first-order valence-corrected chi connectivity index (χ1v) is 8.32. The van der Waals surface area contributed by atoms with Crippen molar-refractivity contribution in [1.82, 2.24) is 0 Å². The van der Waals surface area contributed by atoms with E-state index in [9.17, 15) is 4.79 Å². The molecule has 0 aromatic heterocycles. The van der Waals surface area contributed by atoms with Crippen molar-refractivity contribution in [3.8, 4) is 11.5 Å². The van der Waals surface area contributed by atoms with Crippen LogP contribution in [0, 0.1) is 13.8 Å². The molecule has 0 aliphatic carbocycles.